The Bertz CT molecular complexity index is 698. The van der Waals surface area contributed by atoms with Crippen molar-refractivity contribution in [2.75, 3.05) is 0 Å². The number of carbonyl (C=O) groups is 1. The number of amides is 1. The molecule has 1 N–H and O–H groups in total. The monoisotopic (exact) mass is 322 g/mol. The Hall–Kier alpha value is -2.37. The molecule has 0 spiro atoms. The highest BCUT2D eigenvalue weighted by Crippen LogP contribution is 2.32. The van der Waals surface area contributed by atoms with Crippen molar-refractivity contribution in [3.63, 3.8) is 0 Å². The van der Waals surface area contributed by atoms with Crippen molar-refractivity contribution in [1.29, 1.82) is 0 Å². The lowest BCUT2D eigenvalue weighted by Crippen LogP contribution is -2.31. The van der Waals surface area contributed by atoms with Crippen LogP contribution in [0.4, 0.5) is 13.2 Å². The molecule has 2 aromatic rings. The Morgan fingerprint density at radius 2 is 1.96 bits per heavy atom. The molecule has 1 aromatic heterocycles. The second-order valence-electron chi connectivity index (χ2n) is 5.32. The summed E-state index contributed by atoms with van der Waals surface area (Å²) < 4.78 is 38.4. The van der Waals surface area contributed by atoms with E-state index in [-0.39, 0.29) is 11.9 Å². The predicted molar refractivity (Wildman–Crippen MR) is 81.9 cm³/mol. The molecular weight excluding hydrogens is 305 g/mol. The normalized spacial score (nSPS) is 12.7. The number of hydrogen-bond acceptors (Lipinski definition) is 2. The second-order valence-corrected chi connectivity index (χ2v) is 5.32. The molecular formula is C17H17F3N2O. The van der Waals surface area contributed by atoms with Crippen molar-refractivity contribution in [3.05, 3.63) is 53.9 Å². The minimum Gasteiger partial charge on any atom is -0.350 e. The molecule has 0 saturated heterocycles. The second kappa shape index (κ2) is 6.81. The first-order valence-electron chi connectivity index (χ1n) is 7.24. The lowest BCUT2D eigenvalue weighted by atomic mass is 10.0. The zero-order valence-corrected chi connectivity index (χ0v) is 12.8. The number of aromatic nitrogens is 1. The summed E-state index contributed by atoms with van der Waals surface area (Å²) in [5.74, 6) is -0.291. The first-order chi connectivity index (χ1) is 10.8. The Balaban J connectivity index is 2.32. The highest BCUT2D eigenvalue weighted by Gasteiger charge is 2.30. The number of halogens is 3. The molecule has 0 aliphatic heterocycles. The smallest absolute Gasteiger partial charge is 0.350 e. The molecule has 122 valence electrons. The summed E-state index contributed by atoms with van der Waals surface area (Å²) in [6.07, 6.45) is -0.786. The molecule has 0 aliphatic carbocycles. The van der Waals surface area contributed by atoms with Gasteiger partial charge in [0.15, 0.2) is 0 Å². The minimum atomic E-state index is -4.41. The van der Waals surface area contributed by atoms with Crippen LogP contribution >= 0.6 is 0 Å². The van der Waals surface area contributed by atoms with Crippen LogP contribution in [0, 0.1) is 0 Å². The Labute approximate surface area is 132 Å². The van der Waals surface area contributed by atoms with Gasteiger partial charge in [0.05, 0.1) is 11.1 Å². The molecule has 1 aromatic carbocycles. The number of benzene rings is 1. The van der Waals surface area contributed by atoms with Gasteiger partial charge in [-0.15, -0.1) is 0 Å². The van der Waals surface area contributed by atoms with Gasteiger partial charge in [0, 0.05) is 24.0 Å². The van der Waals surface area contributed by atoms with Gasteiger partial charge in [0.2, 0.25) is 0 Å². The molecule has 1 heterocycles. The third-order valence-electron chi connectivity index (χ3n) is 3.51. The van der Waals surface area contributed by atoms with E-state index in [4.69, 9.17) is 0 Å². The largest absolute Gasteiger partial charge is 0.416 e. The van der Waals surface area contributed by atoms with Crippen LogP contribution in [0.3, 0.4) is 0 Å². The predicted octanol–water partition coefficient (Wildman–Crippen LogP) is 4.30. The van der Waals surface area contributed by atoms with E-state index in [0.717, 1.165) is 18.6 Å². The first-order valence-corrected chi connectivity index (χ1v) is 7.24. The Morgan fingerprint density at radius 1 is 1.22 bits per heavy atom. The standard InChI is InChI=1S/C17H17F3N2O/c1-3-11(2)22-16(23)14-7-13(9-21-10-14)12-5-4-6-15(8-12)17(18,19)20/h4-11H,3H2,1-2H3,(H,22,23)/t11-/m0/s1. The van der Waals surface area contributed by atoms with Crippen LogP contribution in [0.2, 0.25) is 0 Å². The molecule has 1 amide bonds. The lowest BCUT2D eigenvalue weighted by molar-refractivity contribution is -0.137. The lowest BCUT2D eigenvalue weighted by Gasteiger charge is -2.12. The summed E-state index contributed by atoms with van der Waals surface area (Å²) in [5.41, 5.74) is 0.420. The molecule has 2 rings (SSSR count). The maximum atomic E-state index is 12.8. The van der Waals surface area contributed by atoms with Crippen molar-refractivity contribution in [2.24, 2.45) is 0 Å². The van der Waals surface area contributed by atoms with Gasteiger partial charge in [0.1, 0.15) is 0 Å². The van der Waals surface area contributed by atoms with Crippen LogP contribution in [0.5, 0.6) is 0 Å². The van der Waals surface area contributed by atoms with E-state index in [2.05, 4.69) is 10.3 Å². The molecule has 0 fully saturated rings. The van der Waals surface area contributed by atoms with Crippen LogP contribution in [0.25, 0.3) is 11.1 Å². The van der Waals surface area contributed by atoms with Crippen molar-refractivity contribution in [2.45, 2.75) is 32.5 Å². The molecule has 0 aliphatic rings. The number of pyridine rings is 1. The van der Waals surface area contributed by atoms with E-state index in [1.54, 1.807) is 12.1 Å². The van der Waals surface area contributed by atoms with E-state index in [1.807, 2.05) is 13.8 Å². The van der Waals surface area contributed by atoms with Crippen LogP contribution < -0.4 is 5.32 Å². The number of rotatable bonds is 4. The minimum absolute atomic E-state index is 0.0136. The summed E-state index contributed by atoms with van der Waals surface area (Å²) in [5, 5.41) is 2.80. The fourth-order valence-corrected chi connectivity index (χ4v) is 2.01. The van der Waals surface area contributed by atoms with Crippen molar-refractivity contribution in [1.82, 2.24) is 10.3 Å². The highest BCUT2D eigenvalue weighted by atomic mass is 19.4. The van der Waals surface area contributed by atoms with Gasteiger partial charge in [-0.3, -0.25) is 9.78 Å². The fourth-order valence-electron chi connectivity index (χ4n) is 2.01. The van der Waals surface area contributed by atoms with E-state index < -0.39 is 11.7 Å². The summed E-state index contributed by atoms with van der Waals surface area (Å²) in [7, 11) is 0. The quantitative estimate of drug-likeness (QED) is 0.912. The topological polar surface area (TPSA) is 42.0 Å². The van der Waals surface area contributed by atoms with Gasteiger partial charge in [-0.25, -0.2) is 0 Å². The molecule has 3 nitrogen and oxygen atoms in total. The Morgan fingerprint density at radius 3 is 2.61 bits per heavy atom. The fraction of sp³-hybridized carbons (Fsp3) is 0.294. The van der Waals surface area contributed by atoms with Gasteiger partial charge in [0.25, 0.3) is 5.91 Å². The van der Waals surface area contributed by atoms with E-state index >= 15 is 0 Å². The van der Waals surface area contributed by atoms with Crippen molar-refractivity contribution in [3.8, 4) is 11.1 Å². The molecule has 0 unspecified atom stereocenters. The van der Waals surface area contributed by atoms with Crippen LogP contribution in [-0.4, -0.2) is 16.9 Å². The molecule has 0 radical (unpaired) electrons. The average molecular weight is 322 g/mol. The molecule has 23 heavy (non-hydrogen) atoms. The molecule has 6 heteroatoms. The van der Waals surface area contributed by atoms with Gasteiger partial charge >= 0.3 is 6.18 Å². The SMILES string of the molecule is CC[C@H](C)NC(=O)c1cncc(-c2cccc(C(F)(F)F)c2)c1. The molecule has 0 bridgehead atoms. The van der Waals surface area contributed by atoms with Gasteiger partial charge in [-0.1, -0.05) is 19.1 Å². The number of carbonyl (C=O) groups excluding carboxylic acids is 1. The zero-order valence-electron chi connectivity index (χ0n) is 12.8. The Kier molecular flexibility index (Phi) is 5.03. The third kappa shape index (κ3) is 4.31. The van der Waals surface area contributed by atoms with Gasteiger partial charge in [-0.05, 0) is 37.1 Å². The maximum Gasteiger partial charge on any atom is 0.416 e. The van der Waals surface area contributed by atoms with Gasteiger partial charge < -0.3 is 5.32 Å². The highest BCUT2D eigenvalue weighted by molar-refractivity contribution is 5.95. The number of alkyl halides is 3. The van der Waals surface area contributed by atoms with E-state index in [1.165, 1.54) is 18.5 Å². The number of nitrogens with one attached hydrogen (secondary N) is 1. The van der Waals surface area contributed by atoms with Crippen LogP contribution in [-0.2, 0) is 6.18 Å². The van der Waals surface area contributed by atoms with Gasteiger partial charge in [-0.2, -0.15) is 13.2 Å². The van der Waals surface area contributed by atoms with Crippen molar-refractivity contribution >= 4 is 5.91 Å². The summed E-state index contributed by atoms with van der Waals surface area (Å²) in [6, 6.07) is 6.51. The maximum absolute atomic E-state index is 12.8. The number of hydrogen-bond donors (Lipinski definition) is 1. The van der Waals surface area contributed by atoms with E-state index in [9.17, 15) is 18.0 Å². The average Bonchev–Trinajstić information content (AvgIpc) is 2.54. The van der Waals surface area contributed by atoms with Crippen LogP contribution in [0.15, 0.2) is 42.7 Å². The van der Waals surface area contributed by atoms with Crippen LogP contribution in [0.1, 0.15) is 36.2 Å². The van der Waals surface area contributed by atoms with Crippen molar-refractivity contribution < 1.29 is 18.0 Å². The number of nitrogens with zero attached hydrogens (tertiary/aromatic N) is 1. The third-order valence-corrected chi connectivity index (χ3v) is 3.51. The van der Waals surface area contributed by atoms with E-state index in [0.29, 0.717) is 16.7 Å². The summed E-state index contributed by atoms with van der Waals surface area (Å²) >= 11 is 0. The summed E-state index contributed by atoms with van der Waals surface area (Å²) in [4.78, 5) is 16.1. The summed E-state index contributed by atoms with van der Waals surface area (Å²) in [6.45, 7) is 3.82. The molecule has 1 atom stereocenters. The zero-order chi connectivity index (χ0) is 17.0. The first kappa shape index (κ1) is 17.0. The molecule has 0 saturated carbocycles.